The van der Waals surface area contributed by atoms with Gasteiger partial charge in [-0.15, -0.1) is 0 Å². The lowest BCUT2D eigenvalue weighted by Crippen LogP contribution is -2.44. The fourth-order valence-electron chi connectivity index (χ4n) is 1.23. The Labute approximate surface area is 96.9 Å². The highest BCUT2D eigenvalue weighted by molar-refractivity contribution is 5.81. The summed E-state index contributed by atoms with van der Waals surface area (Å²) in [5, 5.41) is 2.77. The van der Waals surface area contributed by atoms with Gasteiger partial charge in [0.2, 0.25) is 11.8 Å². The maximum Gasteiger partial charge on any atom is 0.237 e. The van der Waals surface area contributed by atoms with Crippen molar-refractivity contribution in [3.05, 3.63) is 0 Å². The maximum absolute atomic E-state index is 11.4. The highest BCUT2D eigenvalue weighted by Gasteiger charge is 2.15. The number of nitrogens with two attached hydrogens (primary N) is 2. The van der Waals surface area contributed by atoms with Crippen molar-refractivity contribution in [2.24, 2.45) is 17.4 Å². The zero-order chi connectivity index (χ0) is 12.6. The van der Waals surface area contributed by atoms with Crippen LogP contribution in [0.3, 0.4) is 0 Å². The molecular formula is C11H23N3O2. The number of carbonyl (C=O) groups is 2. The van der Waals surface area contributed by atoms with Crippen LogP contribution >= 0.6 is 0 Å². The maximum atomic E-state index is 11.4. The summed E-state index contributed by atoms with van der Waals surface area (Å²) >= 11 is 0. The van der Waals surface area contributed by atoms with Crippen LogP contribution in [0.4, 0.5) is 0 Å². The minimum atomic E-state index is -0.439. The van der Waals surface area contributed by atoms with Gasteiger partial charge < -0.3 is 16.8 Å². The van der Waals surface area contributed by atoms with Gasteiger partial charge in [-0.2, -0.15) is 0 Å². The Hall–Kier alpha value is -1.10. The molecule has 2 amide bonds. The Morgan fingerprint density at radius 1 is 1.19 bits per heavy atom. The van der Waals surface area contributed by atoms with Gasteiger partial charge in [-0.1, -0.05) is 20.3 Å². The normalized spacial score (nSPS) is 12.5. The van der Waals surface area contributed by atoms with Crippen LogP contribution < -0.4 is 16.8 Å². The second kappa shape index (κ2) is 8.10. The first kappa shape index (κ1) is 14.9. The lowest BCUT2D eigenvalue weighted by molar-refractivity contribution is -0.123. The Bertz CT molecular complexity index is 229. The predicted octanol–water partition coefficient (Wildman–Crippen LogP) is 0.132. The van der Waals surface area contributed by atoms with Crippen molar-refractivity contribution in [1.29, 1.82) is 0 Å². The monoisotopic (exact) mass is 229 g/mol. The van der Waals surface area contributed by atoms with Gasteiger partial charge in [0.1, 0.15) is 0 Å². The summed E-state index contributed by atoms with van der Waals surface area (Å²) in [6, 6.07) is -0.439. The SMILES string of the molecule is CC(C)C(N)C(=O)NCCCCCC(N)=O. The first-order chi connectivity index (χ1) is 7.45. The molecule has 5 nitrogen and oxygen atoms in total. The zero-order valence-electron chi connectivity index (χ0n) is 10.2. The first-order valence-electron chi connectivity index (χ1n) is 5.76. The molecular weight excluding hydrogens is 206 g/mol. The van der Waals surface area contributed by atoms with Gasteiger partial charge in [-0.25, -0.2) is 0 Å². The summed E-state index contributed by atoms with van der Waals surface area (Å²) in [5.74, 6) is -0.231. The van der Waals surface area contributed by atoms with Crippen LogP contribution in [0.25, 0.3) is 0 Å². The minimum absolute atomic E-state index is 0.107. The van der Waals surface area contributed by atoms with Gasteiger partial charge in [0.05, 0.1) is 6.04 Å². The Morgan fingerprint density at radius 2 is 1.81 bits per heavy atom. The summed E-state index contributed by atoms with van der Waals surface area (Å²) in [6.45, 7) is 4.44. The molecule has 0 aliphatic heterocycles. The number of primary amides is 1. The van der Waals surface area contributed by atoms with E-state index >= 15 is 0 Å². The van der Waals surface area contributed by atoms with Crippen molar-refractivity contribution < 1.29 is 9.59 Å². The van der Waals surface area contributed by atoms with Crippen LogP contribution in [0, 0.1) is 5.92 Å². The van der Waals surface area contributed by atoms with Crippen LogP contribution in [0.2, 0.25) is 0 Å². The van der Waals surface area contributed by atoms with Gasteiger partial charge >= 0.3 is 0 Å². The molecule has 0 saturated carbocycles. The summed E-state index contributed by atoms with van der Waals surface area (Å²) in [7, 11) is 0. The van der Waals surface area contributed by atoms with Crippen LogP contribution in [-0.2, 0) is 9.59 Å². The van der Waals surface area contributed by atoms with Crippen molar-refractivity contribution in [2.45, 2.75) is 45.6 Å². The molecule has 0 aromatic carbocycles. The van der Waals surface area contributed by atoms with Crippen molar-refractivity contribution >= 4 is 11.8 Å². The van der Waals surface area contributed by atoms with E-state index in [0.29, 0.717) is 13.0 Å². The van der Waals surface area contributed by atoms with E-state index in [2.05, 4.69) is 5.32 Å². The molecule has 0 aliphatic carbocycles. The third-order valence-corrected chi connectivity index (χ3v) is 2.42. The third kappa shape index (κ3) is 7.23. The molecule has 0 rings (SSSR count). The van der Waals surface area contributed by atoms with Gasteiger partial charge in [-0.05, 0) is 18.8 Å². The molecule has 0 radical (unpaired) electrons. The zero-order valence-corrected chi connectivity index (χ0v) is 10.2. The van der Waals surface area contributed by atoms with E-state index in [1.165, 1.54) is 0 Å². The van der Waals surface area contributed by atoms with Crippen molar-refractivity contribution in [2.75, 3.05) is 6.54 Å². The third-order valence-electron chi connectivity index (χ3n) is 2.42. The van der Waals surface area contributed by atoms with E-state index in [0.717, 1.165) is 19.3 Å². The number of unbranched alkanes of at least 4 members (excludes halogenated alkanes) is 2. The largest absolute Gasteiger partial charge is 0.370 e. The van der Waals surface area contributed by atoms with E-state index in [1.807, 2.05) is 13.8 Å². The van der Waals surface area contributed by atoms with Crippen molar-refractivity contribution in [3.8, 4) is 0 Å². The summed E-state index contributed by atoms with van der Waals surface area (Å²) < 4.78 is 0. The molecule has 0 saturated heterocycles. The van der Waals surface area contributed by atoms with Crippen molar-refractivity contribution in [1.82, 2.24) is 5.32 Å². The number of nitrogens with one attached hydrogen (secondary N) is 1. The van der Waals surface area contributed by atoms with Crippen LogP contribution in [0.1, 0.15) is 39.5 Å². The molecule has 5 N–H and O–H groups in total. The highest BCUT2D eigenvalue weighted by atomic mass is 16.2. The first-order valence-corrected chi connectivity index (χ1v) is 5.76. The van der Waals surface area contributed by atoms with Crippen molar-refractivity contribution in [3.63, 3.8) is 0 Å². The molecule has 0 spiro atoms. The Morgan fingerprint density at radius 3 is 2.31 bits per heavy atom. The van der Waals surface area contributed by atoms with Crippen LogP contribution in [-0.4, -0.2) is 24.4 Å². The van der Waals surface area contributed by atoms with Gasteiger partial charge in [0.15, 0.2) is 0 Å². The van der Waals surface area contributed by atoms with E-state index in [4.69, 9.17) is 11.5 Å². The molecule has 0 aliphatic rings. The molecule has 94 valence electrons. The smallest absolute Gasteiger partial charge is 0.237 e. The number of carbonyl (C=O) groups excluding carboxylic acids is 2. The fourth-order valence-corrected chi connectivity index (χ4v) is 1.23. The van der Waals surface area contributed by atoms with Crippen LogP contribution in [0.5, 0.6) is 0 Å². The highest BCUT2D eigenvalue weighted by Crippen LogP contribution is 2.00. The predicted molar refractivity (Wildman–Crippen MR) is 63.5 cm³/mol. The van der Waals surface area contributed by atoms with Gasteiger partial charge in [-0.3, -0.25) is 9.59 Å². The second-order valence-electron chi connectivity index (χ2n) is 4.34. The Balaban J connectivity index is 3.45. The molecule has 0 bridgehead atoms. The van der Waals surface area contributed by atoms with Crippen LogP contribution in [0.15, 0.2) is 0 Å². The molecule has 0 fully saturated rings. The molecule has 1 unspecified atom stereocenters. The lowest BCUT2D eigenvalue weighted by Gasteiger charge is -2.15. The molecule has 0 aromatic heterocycles. The number of hydrogen-bond donors (Lipinski definition) is 3. The standard InChI is InChI=1S/C11H23N3O2/c1-8(2)10(13)11(16)14-7-5-3-4-6-9(12)15/h8,10H,3-7,13H2,1-2H3,(H2,12,15)(H,14,16). The van der Waals surface area contributed by atoms with Gasteiger partial charge in [0, 0.05) is 13.0 Å². The molecule has 16 heavy (non-hydrogen) atoms. The average molecular weight is 229 g/mol. The quantitative estimate of drug-likeness (QED) is 0.516. The van der Waals surface area contributed by atoms with E-state index < -0.39 is 6.04 Å². The fraction of sp³-hybridized carbons (Fsp3) is 0.818. The molecule has 1 atom stereocenters. The van der Waals surface area contributed by atoms with E-state index in [9.17, 15) is 9.59 Å². The lowest BCUT2D eigenvalue weighted by atomic mass is 10.1. The molecule has 0 aromatic rings. The Kier molecular flexibility index (Phi) is 7.54. The second-order valence-corrected chi connectivity index (χ2v) is 4.34. The van der Waals surface area contributed by atoms with E-state index in [-0.39, 0.29) is 17.7 Å². The number of amides is 2. The van der Waals surface area contributed by atoms with Gasteiger partial charge in [0.25, 0.3) is 0 Å². The number of hydrogen-bond acceptors (Lipinski definition) is 3. The summed E-state index contributed by atoms with van der Waals surface area (Å²) in [5.41, 5.74) is 10.7. The summed E-state index contributed by atoms with van der Waals surface area (Å²) in [4.78, 5) is 21.9. The topological polar surface area (TPSA) is 98.2 Å². The average Bonchev–Trinajstić information content (AvgIpc) is 2.21. The molecule has 5 heteroatoms. The molecule has 0 heterocycles. The van der Waals surface area contributed by atoms with E-state index in [1.54, 1.807) is 0 Å². The number of rotatable bonds is 8. The minimum Gasteiger partial charge on any atom is -0.370 e. The summed E-state index contributed by atoms with van der Waals surface area (Å²) in [6.07, 6.45) is 2.94.